The van der Waals surface area contributed by atoms with Crippen molar-refractivity contribution in [3.63, 3.8) is 0 Å². The van der Waals surface area contributed by atoms with Crippen LogP contribution in [0.5, 0.6) is 0 Å². The molecule has 8 heteroatoms. The number of hydrogen-bond donors (Lipinski definition) is 2. The minimum atomic E-state index is -0.636. The fourth-order valence-corrected chi connectivity index (χ4v) is 3.91. The number of anilines is 1. The summed E-state index contributed by atoms with van der Waals surface area (Å²) in [6, 6.07) is 1.69. The van der Waals surface area contributed by atoms with E-state index >= 15 is 0 Å². The quantitative estimate of drug-likeness (QED) is 0.703. The first kappa shape index (κ1) is 23.1. The number of nitrogens with zero attached hydrogens (tertiary/aromatic N) is 2. The number of piperidine rings is 1. The van der Waals surface area contributed by atoms with Gasteiger partial charge in [-0.15, -0.1) is 0 Å². The summed E-state index contributed by atoms with van der Waals surface area (Å²) >= 11 is 0. The Labute approximate surface area is 183 Å². The molecule has 0 bridgehead atoms. The van der Waals surface area contributed by atoms with Gasteiger partial charge < -0.3 is 19.8 Å². The third-order valence-electron chi connectivity index (χ3n) is 5.49. The van der Waals surface area contributed by atoms with E-state index in [2.05, 4.69) is 10.3 Å². The predicted octanol–water partition coefficient (Wildman–Crippen LogP) is 4.27. The van der Waals surface area contributed by atoms with Crippen molar-refractivity contribution in [1.82, 2.24) is 15.3 Å². The standard InChI is InChI=1S/C23H34N4O4/c1-13(2)20-25-18-14(3)17(12-16(19(18)26-20)21(28)30-7)27(15-8-10-24-11-9-15)22(29)31-23(4,5)6/h12-13,15,24H,8-11H2,1-7H3,(H,25,26). The summed E-state index contributed by atoms with van der Waals surface area (Å²) < 4.78 is 10.8. The number of aromatic amines is 1. The minimum Gasteiger partial charge on any atom is -0.465 e. The molecule has 1 aliphatic heterocycles. The molecule has 2 aromatic rings. The van der Waals surface area contributed by atoms with E-state index in [1.165, 1.54) is 7.11 Å². The Morgan fingerprint density at radius 1 is 1.23 bits per heavy atom. The Balaban J connectivity index is 2.22. The Hall–Kier alpha value is -2.61. The number of benzene rings is 1. The van der Waals surface area contributed by atoms with Crippen LogP contribution in [0.4, 0.5) is 10.5 Å². The lowest BCUT2D eigenvalue weighted by Gasteiger charge is -2.36. The Morgan fingerprint density at radius 2 is 1.87 bits per heavy atom. The lowest BCUT2D eigenvalue weighted by molar-refractivity contribution is 0.0554. The highest BCUT2D eigenvalue weighted by atomic mass is 16.6. The van der Waals surface area contributed by atoms with Gasteiger partial charge in [0.2, 0.25) is 0 Å². The number of aromatic nitrogens is 2. The Kier molecular flexibility index (Phi) is 6.59. The molecule has 0 atom stereocenters. The second kappa shape index (κ2) is 8.86. The van der Waals surface area contributed by atoms with Gasteiger partial charge in [0.05, 0.1) is 29.4 Å². The zero-order valence-corrected chi connectivity index (χ0v) is 19.6. The number of aryl methyl sites for hydroxylation is 1. The van der Waals surface area contributed by atoms with Crippen molar-refractivity contribution in [2.75, 3.05) is 25.1 Å². The van der Waals surface area contributed by atoms with Gasteiger partial charge in [-0.3, -0.25) is 4.90 Å². The second-order valence-corrected chi connectivity index (χ2v) is 9.39. The molecular weight excluding hydrogens is 396 g/mol. The number of carbonyl (C=O) groups excluding carboxylic acids is 2. The molecule has 3 rings (SSSR count). The molecule has 0 saturated carbocycles. The number of H-pyrrole nitrogens is 1. The summed E-state index contributed by atoms with van der Waals surface area (Å²) in [6.07, 6.45) is 1.17. The number of nitrogens with one attached hydrogen (secondary N) is 2. The summed E-state index contributed by atoms with van der Waals surface area (Å²) in [7, 11) is 1.35. The van der Waals surface area contributed by atoms with Gasteiger partial charge in [0.25, 0.3) is 0 Å². The topological polar surface area (TPSA) is 96.6 Å². The van der Waals surface area contributed by atoms with Gasteiger partial charge in [0.15, 0.2) is 0 Å². The van der Waals surface area contributed by atoms with E-state index in [1.54, 1.807) is 11.0 Å². The molecule has 1 fully saturated rings. The number of fused-ring (bicyclic) bond motifs is 1. The number of methoxy groups -OCH3 is 1. The first-order chi connectivity index (χ1) is 14.5. The molecule has 1 aliphatic rings. The van der Waals surface area contributed by atoms with Crippen LogP contribution < -0.4 is 10.2 Å². The summed E-state index contributed by atoms with van der Waals surface area (Å²) in [4.78, 5) is 35.7. The molecule has 8 nitrogen and oxygen atoms in total. The molecule has 1 aromatic carbocycles. The average Bonchev–Trinajstić information content (AvgIpc) is 3.15. The van der Waals surface area contributed by atoms with Gasteiger partial charge in [-0.2, -0.15) is 0 Å². The summed E-state index contributed by atoms with van der Waals surface area (Å²) in [5, 5.41) is 3.34. The summed E-state index contributed by atoms with van der Waals surface area (Å²) in [5.41, 5.74) is 2.49. The van der Waals surface area contributed by atoms with Crippen molar-refractivity contribution in [3.8, 4) is 0 Å². The first-order valence-electron chi connectivity index (χ1n) is 10.9. The van der Waals surface area contributed by atoms with Gasteiger partial charge in [-0.05, 0) is 59.7 Å². The highest BCUT2D eigenvalue weighted by Crippen LogP contribution is 2.35. The van der Waals surface area contributed by atoms with Crippen molar-refractivity contribution in [1.29, 1.82) is 0 Å². The highest BCUT2D eigenvalue weighted by Gasteiger charge is 2.33. The third kappa shape index (κ3) is 4.84. The normalized spacial score (nSPS) is 15.4. The third-order valence-corrected chi connectivity index (χ3v) is 5.49. The molecule has 1 saturated heterocycles. The van der Waals surface area contributed by atoms with Crippen LogP contribution in [0.15, 0.2) is 6.07 Å². The number of rotatable bonds is 4. The number of amides is 1. The second-order valence-electron chi connectivity index (χ2n) is 9.39. The van der Waals surface area contributed by atoms with Gasteiger partial charge >= 0.3 is 12.1 Å². The van der Waals surface area contributed by atoms with Crippen molar-refractivity contribution in [2.45, 2.75) is 71.9 Å². The SMILES string of the molecule is COC(=O)c1cc(N(C(=O)OC(C)(C)C)C2CCNCC2)c(C)c2nc(C(C)C)[nH]c12. The fraction of sp³-hybridized carbons (Fsp3) is 0.609. The van der Waals surface area contributed by atoms with Crippen molar-refractivity contribution in [3.05, 3.63) is 23.0 Å². The van der Waals surface area contributed by atoms with E-state index in [1.807, 2.05) is 41.5 Å². The molecule has 170 valence electrons. The molecule has 0 radical (unpaired) electrons. The number of carbonyl (C=O) groups is 2. The average molecular weight is 431 g/mol. The number of ether oxygens (including phenoxy) is 2. The molecule has 1 aromatic heterocycles. The van der Waals surface area contributed by atoms with Crippen LogP contribution in [0.1, 0.15) is 75.1 Å². The van der Waals surface area contributed by atoms with Gasteiger partial charge in [0.1, 0.15) is 11.4 Å². The van der Waals surface area contributed by atoms with Gasteiger partial charge in [-0.1, -0.05) is 13.8 Å². The molecule has 0 unspecified atom stereocenters. The maximum Gasteiger partial charge on any atom is 0.415 e. The fourth-order valence-electron chi connectivity index (χ4n) is 3.91. The molecular formula is C23H34N4O4. The van der Waals surface area contributed by atoms with E-state index in [-0.39, 0.29) is 12.0 Å². The van der Waals surface area contributed by atoms with Crippen LogP contribution in [0.2, 0.25) is 0 Å². The maximum absolute atomic E-state index is 13.3. The summed E-state index contributed by atoms with van der Waals surface area (Å²) in [5.74, 6) is 0.470. The molecule has 31 heavy (non-hydrogen) atoms. The Bertz CT molecular complexity index is 968. The van der Waals surface area contributed by atoms with Gasteiger partial charge in [-0.25, -0.2) is 14.6 Å². The Morgan fingerprint density at radius 3 is 2.42 bits per heavy atom. The van der Waals surface area contributed by atoms with E-state index in [0.29, 0.717) is 22.3 Å². The summed E-state index contributed by atoms with van der Waals surface area (Å²) in [6.45, 7) is 13.2. The number of imidazole rings is 1. The van der Waals surface area contributed by atoms with Crippen LogP contribution in [-0.4, -0.2) is 53.9 Å². The monoisotopic (exact) mass is 430 g/mol. The number of esters is 1. The molecule has 2 heterocycles. The lowest BCUT2D eigenvalue weighted by Crippen LogP contribution is -2.48. The maximum atomic E-state index is 13.3. The number of hydrogen-bond acceptors (Lipinski definition) is 6. The molecule has 2 N–H and O–H groups in total. The zero-order chi connectivity index (χ0) is 22.9. The van der Waals surface area contributed by atoms with E-state index in [4.69, 9.17) is 14.5 Å². The first-order valence-corrected chi connectivity index (χ1v) is 10.9. The van der Waals surface area contributed by atoms with E-state index in [0.717, 1.165) is 37.3 Å². The van der Waals surface area contributed by atoms with Crippen LogP contribution in [0.25, 0.3) is 11.0 Å². The molecule has 1 amide bonds. The van der Waals surface area contributed by atoms with E-state index < -0.39 is 17.7 Å². The van der Waals surface area contributed by atoms with Crippen LogP contribution in [0.3, 0.4) is 0 Å². The molecule has 0 aliphatic carbocycles. The van der Waals surface area contributed by atoms with Crippen LogP contribution in [0, 0.1) is 6.92 Å². The minimum absolute atomic E-state index is 0.0405. The van der Waals surface area contributed by atoms with Crippen LogP contribution in [-0.2, 0) is 9.47 Å². The van der Waals surface area contributed by atoms with Crippen LogP contribution >= 0.6 is 0 Å². The predicted molar refractivity (Wildman–Crippen MR) is 121 cm³/mol. The van der Waals surface area contributed by atoms with Gasteiger partial charge in [0, 0.05) is 17.5 Å². The van der Waals surface area contributed by atoms with Crippen molar-refractivity contribution < 1.29 is 19.1 Å². The molecule has 0 spiro atoms. The highest BCUT2D eigenvalue weighted by molar-refractivity contribution is 6.06. The lowest BCUT2D eigenvalue weighted by atomic mass is 10.0. The van der Waals surface area contributed by atoms with Crippen molar-refractivity contribution in [2.24, 2.45) is 0 Å². The van der Waals surface area contributed by atoms with E-state index in [9.17, 15) is 9.59 Å². The largest absolute Gasteiger partial charge is 0.465 e. The smallest absolute Gasteiger partial charge is 0.415 e. The zero-order valence-electron chi connectivity index (χ0n) is 19.6. The van der Waals surface area contributed by atoms with Crippen molar-refractivity contribution >= 4 is 28.8 Å².